The molecule has 8 heteroatoms. The Hall–Kier alpha value is -1.81. The fourth-order valence-electron chi connectivity index (χ4n) is 3.47. The summed E-state index contributed by atoms with van der Waals surface area (Å²) >= 11 is 0. The summed E-state index contributed by atoms with van der Waals surface area (Å²) in [5.74, 6) is 2.11. The summed E-state index contributed by atoms with van der Waals surface area (Å²) in [6.45, 7) is 8.06. The number of hydrogen-bond donors (Lipinski definition) is 1. The zero-order valence-corrected chi connectivity index (χ0v) is 20.0. The molecule has 1 aliphatic heterocycles. The van der Waals surface area contributed by atoms with Gasteiger partial charge in [-0.15, -0.1) is 24.0 Å². The number of rotatable bonds is 6. The lowest BCUT2D eigenvalue weighted by Crippen LogP contribution is -2.48. The van der Waals surface area contributed by atoms with Crippen LogP contribution in [-0.2, 0) is 11.8 Å². The summed E-state index contributed by atoms with van der Waals surface area (Å²) in [5.41, 5.74) is 2.28. The van der Waals surface area contributed by atoms with Crippen LogP contribution in [0.2, 0.25) is 0 Å². The van der Waals surface area contributed by atoms with E-state index in [-0.39, 0.29) is 36.0 Å². The molecule has 29 heavy (non-hydrogen) atoms. The van der Waals surface area contributed by atoms with Crippen LogP contribution >= 0.6 is 24.0 Å². The van der Waals surface area contributed by atoms with Gasteiger partial charge in [-0.3, -0.25) is 9.67 Å². The minimum Gasteiger partial charge on any atom is -0.496 e. The first kappa shape index (κ1) is 23.5. The average Bonchev–Trinajstić information content (AvgIpc) is 3.17. The van der Waals surface area contributed by atoms with Crippen LogP contribution in [0.3, 0.4) is 0 Å². The van der Waals surface area contributed by atoms with Crippen molar-refractivity contribution in [3.8, 4) is 5.75 Å². The molecule has 7 nitrogen and oxygen atoms in total. The molecule has 2 aromatic rings. The Morgan fingerprint density at radius 1 is 1.41 bits per heavy atom. The highest BCUT2D eigenvalue weighted by Crippen LogP contribution is 2.26. The molecule has 1 aromatic carbocycles. The lowest BCUT2D eigenvalue weighted by atomic mass is 10.0. The second kappa shape index (κ2) is 11.4. The van der Waals surface area contributed by atoms with Crippen LogP contribution in [0.4, 0.5) is 0 Å². The molecular weight excluding hydrogens is 481 g/mol. The molecule has 0 radical (unpaired) electrons. The maximum atomic E-state index is 5.97. The molecule has 1 fully saturated rings. The summed E-state index contributed by atoms with van der Waals surface area (Å²) in [7, 11) is 3.64. The molecular formula is C21H32IN5O2. The van der Waals surface area contributed by atoms with Gasteiger partial charge < -0.3 is 19.7 Å². The van der Waals surface area contributed by atoms with Crippen molar-refractivity contribution in [2.24, 2.45) is 12.0 Å². The SMILES string of the molecule is CCNC(=NCC(C)c1ccccc1OC)N1CCOC(c2cnn(C)c2)C1.I. The van der Waals surface area contributed by atoms with Crippen LogP contribution in [0.5, 0.6) is 5.75 Å². The third kappa shape index (κ3) is 6.08. The van der Waals surface area contributed by atoms with Gasteiger partial charge in [0.1, 0.15) is 11.9 Å². The highest BCUT2D eigenvalue weighted by molar-refractivity contribution is 14.0. The Balaban J connectivity index is 0.00000300. The van der Waals surface area contributed by atoms with E-state index in [1.807, 2.05) is 42.3 Å². The monoisotopic (exact) mass is 513 g/mol. The van der Waals surface area contributed by atoms with Gasteiger partial charge in [-0.05, 0) is 18.6 Å². The summed E-state index contributed by atoms with van der Waals surface area (Å²) in [6.07, 6.45) is 3.90. The first-order chi connectivity index (χ1) is 13.6. The van der Waals surface area contributed by atoms with Gasteiger partial charge >= 0.3 is 0 Å². The van der Waals surface area contributed by atoms with Crippen LogP contribution in [0.15, 0.2) is 41.7 Å². The van der Waals surface area contributed by atoms with E-state index >= 15 is 0 Å². The van der Waals surface area contributed by atoms with Crippen molar-refractivity contribution >= 4 is 29.9 Å². The van der Waals surface area contributed by atoms with Gasteiger partial charge in [0.2, 0.25) is 0 Å². The number of halogens is 1. The van der Waals surface area contributed by atoms with E-state index in [2.05, 4.69) is 35.2 Å². The fraction of sp³-hybridized carbons (Fsp3) is 0.524. The molecule has 0 aliphatic carbocycles. The normalized spacial score (nSPS) is 18.1. The number of aromatic nitrogens is 2. The lowest BCUT2D eigenvalue weighted by molar-refractivity contribution is -0.00804. The van der Waals surface area contributed by atoms with Crippen molar-refractivity contribution in [1.29, 1.82) is 0 Å². The summed E-state index contributed by atoms with van der Waals surface area (Å²) in [5, 5.41) is 7.70. The molecule has 1 aliphatic rings. The van der Waals surface area contributed by atoms with Gasteiger partial charge in [0.05, 0.1) is 26.5 Å². The zero-order chi connectivity index (χ0) is 19.9. The van der Waals surface area contributed by atoms with E-state index in [1.165, 1.54) is 5.56 Å². The molecule has 0 spiro atoms. The van der Waals surface area contributed by atoms with E-state index in [4.69, 9.17) is 14.5 Å². The van der Waals surface area contributed by atoms with Crippen molar-refractivity contribution in [1.82, 2.24) is 20.0 Å². The highest BCUT2D eigenvalue weighted by Gasteiger charge is 2.25. The molecule has 2 heterocycles. The maximum Gasteiger partial charge on any atom is 0.194 e. The van der Waals surface area contributed by atoms with Crippen LogP contribution in [-0.4, -0.2) is 60.5 Å². The largest absolute Gasteiger partial charge is 0.496 e. The smallest absolute Gasteiger partial charge is 0.194 e. The van der Waals surface area contributed by atoms with Gasteiger partial charge in [0, 0.05) is 44.4 Å². The molecule has 160 valence electrons. The molecule has 3 rings (SSSR count). The Labute approximate surface area is 190 Å². The van der Waals surface area contributed by atoms with Crippen LogP contribution in [0.1, 0.15) is 37.0 Å². The molecule has 1 aromatic heterocycles. The standard InChI is InChI=1S/C21H31N5O2.HI/c1-5-22-21(23-12-16(2)18-8-6-7-9-19(18)27-4)26-10-11-28-20(15-26)17-13-24-25(3)14-17;/h6-9,13-14,16,20H,5,10-12,15H2,1-4H3,(H,22,23);1H. The quantitative estimate of drug-likeness (QED) is 0.365. The highest BCUT2D eigenvalue weighted by atomic mass is 127. The molecule has 2 unspecified atom stereocenters. The van der Waals surface area contributed by atoms with Crippen molar-refractivity contribution in [3.05, 3.63) is 47.8 Å². The minimum absolute atomic E-state index is 0. The number of para-hydroxylation sites is 1. The van der Waals surface area contributed by atoms with Gasteiger partial charge in [0.25, 0.3) is 0 Å². The van der Waals surface area contributed by atoms with Crippen LogP contribution < -0.4 is 10.1 Å². The summed E-state index contributed by atoms with van der Waals surface area (Å²) in [6, 6.07) is 8.15. The molecule has 2 atom stereocenters. The van der Waals surface area contributed by atoms with E-state index in [9.17, 15) is 0 Å². The number of ether oxygens (including phenoxy) is 2. The number of nitrogens with zero attached hydrogens (tertiary/aromatic N) is 4. The molecule has 0 bridgehead atoms. The number of aliphatic imine (C=N–C) groups is 1. The van der Waals surface area contributed by atoms with Crippen molar-refractivity contribution in [2.45, 2.75) is 25.9 Å². The predicted molar refractivity (Wildman–Crippen MR) is 126 cm³/mol. The van der Waals surface area contributed by atoms with Gasteiger partial charge in [-0.25, -0.2) is 0 Å². The number of guanidine groups is 1. The topological polar surface area (TPSA) is 63.9 Å². The zero-order valence-electron chi connectivity index (χ0n) is 17.7. The first-order valence-electron chi connectivity index (χ1n) is 9.88. The number of morpholine rings is 1. The Morgan fingerprint density at radius 3 is 2.90 bits per heavy atom. The molecule has 0 saturated carbocycles. The Kier molecular flexibility index (Phi) is 9.22. The van der Waals surface area contributed by atoms with Crippen molar-refractivity contribution < 1.29 is 9.47 Å². The number of benzene rings is 1. The van der Waals surface area contributed by atoms with Gasteiger partial charge in [-0.1, -0.05) is 25.1 Å². The minimum atomic E-state index is 0. The van der Waals surface area contributed by atoms with E-state index in [0.29, 0.717) is 13.2 Å². The Morgan fingerprint density at radius 2 is 2.21 bits per heavy atom. The predicted octanol–water partition coefficient (Wildman–Crippen LogP) is 3.19. The third-order valence-electron chi connectivity index (χ3n) is 4.98. The summed E-state index contributed by atoms with van der Waals surface area (Å²) in [4.78, 5) is 7.20. The third-order valence-corrected chi connectivity index (χ3v) is 4.98. The van der Waals surface area contributed by atoms with E-state index in [0.717, 1.165) is 36.9 Å². The first-order valence-corrected chi connectivity index (χ1v) is 9.88. The summed E-state index contributed by atoms with van der Waals surface area (Å²) < 4.78 is 13.3. The molecule has 1 saturated heterocycles. The molecule has 0 amide bonds. The fourth-order valence-corrected chi connectivity index (χ4v) is 3.47. The van der Waals surface area contributed by atoms with Crippen molar-refractivity contribution in [3.63, 3.8) is 0 Å². The van der Waals surface area contributed by atoms with E-state index < -0.39 is 0 Å². The number of aryl methyl sites for hydroxylation is 1. The Bertz CT molecular complexity index is 795. The van der Waals surface area contributed by atoms with Gasteiger partial charge in [-0.2, -0.15) is 5.10 Å². The number of nitrogens with one attached hydrogen (secondary N) is 1. The lowest BCUT2D eigenvalue weighted by Gasteiger charge is -2.35. The number of methoxy groups -OCH3 is 1. The number of hydrogen-bond acceptors (Lipinski definition) is 4. The van der Waals surface area contributed by atoms with Gasteiger partial charge in [0.15, 0.2) is 5.96 Å². The average molecular weight is 513 g/mol. The second-order valence-corrected chi connectivity index (χ2v) is 7.09. The van der Waals surface area contributed by atoms with Crippen molar-refractivity contribution in [2.75, 3.05) is 39.9 Å². The molecule has 1 N–H and O–H groups in total. The van der Waals surface area contributed by atoms with E-state index in [1.54, 1.807) is 7.11 Å². The van der Waals surface area contributed by atoms with Crippen LogP contribution in [0, 0.1) is 0 Å². The maximum absolute atomic E-state index is 5.97. The van der Waals surface area contributed by atoms with Crippen LogP contribution in [0.25, 0.3) is 0 Å². The second-order valence-electron chi connectivity index (χ2n) is 7.09.